The third kappa shape index (κ3) is 4.16. The molecular weight excluding hydrogens is 385 g/mol. The first kappa shape index (κ1) is 20.3. The van der Waals surface area contributed by atoms with E-state index in [4.69, 9.17) is 4.74 Å². The molecule has 0 saturated carbocycles. The molecule has 0 spiro atoms. The van der Waals surface area contributed by atoms with Crippen molar-refractivity contribution in [3.8, 4) is 5.75 Å². The van der Waals surface area contributed by atoms with E-state index in [0.717, 1.165) is 12.0 Å². The van der Waals surface area contributed by atoms with Crippen molar-refractivity contribution in [1.82, 2.24) is 9.80 Å². The number of piperazine rings is 1. The number of methoxy groups -OCH3 is 1. The topological polar surface area (TPSA) is 53.1 Å². The number of ether oxygens (including phenoxy) is 1. The van der Waals surface area contributed by atoms with Gasteiger partial charge in [-0.25, -0.2) is 4.39 Å². The summed E-state index contributed by atoms with van der Waals surface area (Å²) in [5, 5.41) is 0. The van der Waals surface area contributed by atoms with Gasteiger partial charge in [0.15, 0.2) is 11.6 Å². The van der Waals surface area contributed by atoms with E-state index in [9.17, 15) is 14.0 Å². The van der Waals surface area contributed by atoms with E-state index >= 15 is 0 Å². The van der Waals surface area contributed by atoms with Crippen LogP contribution < -0.4 is 9.64 Å². The van der Waals surface area contributed by atoms with E-state index in [1.807, 2.05) is 29.2 Å². The third-order valence-electron chi connectivity index (χ3n) is 5.78. The number of carbonyl (C=O) groups is 2. The number of anilines is 1. The van der Waals surface area contributed by atoms with Crippen molar-refractivity contribution in [2.75, 3.05) is 44.7 Å². The first-order valence-electron chi connectivity index (χ1n) is 10.3. The summed E-state index contributed by atoms with van der Waals surface area (Å²) in [4.78, 5) is 31.1. The summed E-state index contributed by atoms with van der Waals surface area (Å²) in [5.74, 6) is -0.0894. The highest BCUT2D eigenvalue weighted by molar-refractivity contribution is 6.05. The highest BCUT2D eigenvalue weighted by Gasteiger charge is 2.29. The summed E-state index contributed by atoms with van der Waals surface area (Å²) in [6, 6.07) is 12.4. The van der Waals surface area contributed by atoms with Gasteiger partial charge in [0.25, 0.3) is 5.91 Å². The second kappa shape index (κ2) is 8.83. The second-order valence-corrected chi connectivity index (χ2v) is 7.70. The number of halogens is 1. The summed E-state index contributed by atoms with van der Waals surface area (Å²) in [6.45, 7) is 3.91. The summed E-state index contributed by atoms with van der Waals surface area (Å²) >= 11 is 0. The molecule has 0 bridgehead atoms. The minimum Gasteiger partial charge on any atom is -0.494 e. The van der Waals surface area contributed by atoms with Gasteiger partial charge in [-0.05, 0) is 36.2 Å². The average molecular weight is 411 g/mol. The maximum Gasteiger partial charge on any atom is 0.256 e. The van der Waals surface area contributed by atoms with Crippen LogP contribution in [0, 0.1) is 5.82 Å². The highest BCUT2D eigenvalue weighted by Crippen LogP contribution is 2.27. The number of hydrogen-bond donors (Lipinski definition) is 0. The lowest BCUT2D eigenvalue weighted by atomic mass is 10.1. The van der Waals surface area contributed by atoms with E-state index in [2.05, 4.69) is 4.90 Å². The Kier molecular flexibility index (Phi) is 5.99. The van der Waals surface area contributed by atoms with Crippen LogP contribution in [-0.2, 0) is 11.3 Å². The SMILES string of the molecule is COc1ccc(CN2CCN(C(=O)c3ccccc3N3CCCC3=O)CC2)cc1F. The smallest absolute Gasteiger partial charge is 0.256 e. The number of para-hydroxylation sites is 1. The van der Waals surface area contributed by atoms with Gasteiger partial charge >= 0.3 is 0 Å². The minimum atomic E-state index is -0.364. The normalized spacial score (nSPS) is 17.5. The van der Waals surface area contributed by atoms with Crippen molar-refractivity contribution in [3.05, 3.63) is 59.4 Å². The van der Waals surface area contributed by atoms with Crippen LogP contribution in [-0.4, -0.2) is 61.4 Å². The van der Waals surface area contributed by atoms with Crippen LogP contribution in [0.4, 0.5) is 10.1 Å². The monoisotopic (exact) mass is 411 g/mol. The van der Waals surface area contributed by atoms with Gasteiger partial charge < -0.3 is 14.5 Å². The van der Waals surface area contributed by atoms with Gasteiger partial charge in [-0.2, -0.15) is 0 Å². The molecule has 158 valence electrons. The van der Waals surface area contributed by atoms with Crippen molar-refractivity contribution < 1.29 is 18.7 Å². The van der Waals surface area contributed by atoms with Crippen molar-refractivity contribution in [2.24, 2.45) is 0 Å². The van der Waals surface area contributed by atoms with Crippen LogP contribution in [0.15, 0.2) is 42.5 Å². The molecule has 2 heterocycles. The molecule has 2 aromatic carbocycles. The first-order valence-corrected chi connectivity index (χ1v) is 10.3. The quantitative estimate of drug-likeness (QED) is 0.759. The Morgan fingerprint density at radius 3 is 2.50 bits per heavy atom. The van der Waals surface area contributed by atoms with Gasteiger partial charge in [-0.15, -0.1) is 0 Å². The molecule has 2 aliphatic rings. The summed E-state index contributed by atoms with van der Waals surface area (Å²) < 4.78 is 18.9. The molecule has 2 aliphatic heterocycles. The van der Waals surface area contributed by atoms with Gasteiger partial charge in [-0.3, -0.25) is 14.5 Å². The Hall–Kier alpha value is -2.93. The zero-order valence-corrected chi connectivity index (χ0v) is 17.1. The maximum absolute atomic E-state index is 13.9. The fourth-order valence-electron chi connectivity index (χ4n) is 4.14. The highest BCUT2D eigenvalue weighted by atomic mass is 19.1. The fraction of sp³-hybridized carbons (Fsp3) is 0.391. The molecule has 4 rings (SSSR count). The maximum atomic E-state index is 13.9. The van der Waals surface area contributed by atoms with Crippen LogP contribution >= 0.6 is 0 Å². The number of hydrogen-bond acceptors (Lipinski definition) is 4. The van der Waals surface area contributed by atoms with Gasteiger partial charge in [0, 0.05) is 45.7 Å². The molecule has 0 N–H and O–H groups in total. The molecule has 0 aliphatic carbocycles. The zero-order chi connectivity index (χ0) is 21.1. The lowest BCUT2D eigenvalue weighted by Gasteiger charge is -2.35. The Morgan fingerprint density at radius 2 is 1.83 bits per heavy atom. The lowest BCUT2D eigenvalue weighted by Crippen LogP contribution is -2.48. The van der Waals surface area contributed by atoms with Crippen LogP contribution in [0.5, 0.6) is 5.75 Å². The van der Waals surface area contributed by atoms with Crippen molar-refractivity contribution in [2.45, 2.75) is 19.4 Å². The minimum absolute atomic E-state index is 0.0413. The van der Waals surface area contributed by atoms with Crippen LogP contribution in [0.25, 0.3) is 0 Å². The molecular formula is C23H26FN3O3. The predicted molar refractivity (Wildman–Crippen MR) is 112 cm³/mol. The van der Waals surface area contributed by atoms with E-state index in [0.29, 0.717) is 56.9 Å². The van der Waals surface area contributed by atoms with Crippen LogP contribution in [0.2, 0.25) is 0 Å². The molecule has 0 aromatic heterocycles. The van der Waals surface area contributed by atoms with Gasteiger partial charge in [0.1, 0.15) is 0 Å². The fourth-order valence-corrected chi connectivity index (χ4v) is 4.14. The predicted octanol–water partition coefficient (Wildman–Crippen LogP) is 2.92. The van der Waals surface area contributed by atoms with Crippen molar-refractivity contribution in [3.63, 3.8) is 0 Å². The van der Waals surface area contributed by atoms with Gasteiger partial charge in [0.2, 0.25) is 5.91 Å². The molecule has 2 aromatic rings. The Morgan fingerprint density at radius 1 is 1.07 bits per heavy atom. The first-order chi connectivity index (χ1) is 14.6. The van der Waals surface area contributed by atoms with Crippen LogP contribution in [0.1, 0.15) is 28.8 Å². The number of rotatable bonds is 5. The number of nitrogens with zero attached hydrogens (tertiary/aromatic N) is 3. The molecule has 7 heteroatoms. The molecule has 0 atom stereocenters. The summed E-state index contributed by atoms with van der Waals surface area (Å²) in [5.41, 5.74) is 2.17. The van der Waals surface area contributed by atoms with E-state index in [-0.39, 0.29) is 23.4 Å². The zero-order valence-electron chi connectivity index (χ0n) is 17.1. The number of amides is 2. The Bertz CT molecular complexity index is 941. The van der Waals surface area contributed by atoms with E-state index < -0.39 is 0 Å². The molecule has 2 saturated heterocycles. The average Bonchev–Trinajstić information content (AvgIpc) is 3.19. The molecule has 30 heavy (non-hydrogen) atoms. The third-order valence-corrected chi connectivity index (χ3v) is 5.78. The van der Waals surface area contributed by atoms with Gasteiger partial charge in [0.05, 0.1) is 18.4 Å². The lowest BCUT2D eigenvalue weighted by molar-refractivity contribution is -0.117. The molecule has 0 radical (unpaired) electrons. The van der Waals surface area contributed by atoms with E-state index in [1.165, 1.54) is 13.2 Å². The van der Waals surface area contributed by atoms with E-state index in [1.54, 1.807) is 17.0 Å². The molecule has 0 unspecified atom stereocenters. The standard InChI is InChI=1S/C23H26FN3O3/c1-30-21-9-8-17(15-19(21)24)16-25-11-13-26(14-12-25)23(29)18-5-2-3-6-20(18)27-10-4-7-22(27)28/h2-3,5-6,8-9,15H,4,7,10-14,16H2,1H3. The Labute approximate surface area is 175 Å². The number of benzene rings is 2. The number of carbonyl (C=O) groups excluding carboxylic acids is 2. The Balaban J connectivity index is 1.39. The van der Waals surface area contributed by atoms with Gasteiger partial charge in [-0.1, -0.05) is 18.2 Å². The summed E-state index contributed by atoms with van der Waals surface area (Å²) in [7, 11) is 1.45. The molecule has 2 fully saturated rings. The largest absolute Gasteiger partial charge is 0.494 e. The van der Waals surface area contributed by atoms with Crippen LogP contribution in [0.3, 0.4) is 0 Å². The van der Waals surface area contributed by atoms with Crippen molar-refractivity contribution >= 4 is 17.5 Å². The molecule has 6 nitrogen and oxygen atoms in total. The summed E-state index contributed by atoms with van der Waals surface area (Å²) in [6.07, 6.45) is 1.36. The second-order valence-electron chi connectivity index (χ2n) is 7.70. The van der Waals surface area contributed by atoms with Crippen molar-refractivity contribution in [1.29, 1.82) is 0 Å². The molecule has 2 amide bonds.